The van der Waals surface area contributed by atoms with Gasteiger partial charge in [-0.25, -0.2) is 0 Å². The highest BCUT2D eigenvalue weighted by atomic mass is 19.4. The molecule has 4 nitrogen and oxygen atoms in total. The fourth-order valence-corrected chi connectivity index (χ4v) is 3.96. The number of nitrogens with zero attached hydrogens (tertiary/aromatic N) is 2. The molecule has 0 aliphatic carbocycles. The third kappa shape index (κ3) is 5.73. The zero-order chi connectivity index (χ0) is 23.4. The van der Waals surface area contributed by atoms with Crippen LogP contribution >= 0.6 is 0 Å². The molecule has 7 heteroatoms. The number of benzene rings is 3. The number of halogens is 3. The number of carbonyl (C=O) groups excluding carboxylic acids is 1. The average Bonchev–Trinajstić information content (AvgIpc) is 2.80. The lowest BCUT2D eigenvalue weighted by Gasteiger charge is -2.34. The molecule has 1 aliphatic heterocycles. The van der Waals surface area contributed by atoms with Crippen molar-refractivity contribution in [2.24, 2.45) is 0 Å². The lowest BCUT2D eigenvalue weighted by atomic mass is 10.0. The van der Waals surface area contributed by atoms with Crippen LogP contribution in [0, 0.1) is 0 Å². The first kappa shape index (κ1) is 22.9. The summed E-state index contributed by atoms with van der Waals surface area (Å²) in [6, 6.07) is 21.4. The number of rotatable bonds is 5. The molecule has 4 rings (SSSR count). The van der Waals surface area contributed by atoms with E-state index in [0.29, 0.717) is 18.8 Å². The summed E-state index contributed by atoms with van der Waals surface area (Å²) < 4.78 is 41.3. The van der Waals surface area contributed by atoms with Gasteiger partial charge in [-0.2, -0.15) is 13.2 Å². The number of hydrogen-bond acceptors (Lipinski definition) is 3. The Morgan fingerprint density at radius 3 is 2.15 bits per heavy atom. The third-order valence-corrected chi connectivity index (χ3v) is 5.88. The van der Waals surface area contributed by atoms with Gasteiger partial charge in [0, 0.05) is 31.9 Å². The molecule has 1 amide bonds. The largest absolute Gasteiger partial charge is 0.418 e. The summed E-state index contributed by atoms with van der Waals surface area (Å²) in [5.41, 5.74) is 2.28. The van der Waals surface area contributed by atoms with E-state index < -0.39 is 17.6 Å². The first-order valence-electron chi connectivity index (χ1n) is 10.9. The molecule has 33 heavy (non-hydrogen) atoms. The van der Waals surface area contributed by atoms with Gasteiger partial charge in [-0.1, -0.05) is 54.6 Å². The number of alkyl halides is 3. The predicted octanol–water partition coefficient (Wildman–Crippen LogP) is 5.31. The number of hydrogen-bond donors (Lipinski definition) is 1. The number of carbonyl (C=O) groups is 1. The Morgan fingerprint density at radius 1 is 0.879 bits per heavy atom. The Kier molecular flexibility index (Phi) is 6.70. The van der Waals surface area contributed by atoms with Crippen LogP contribution in [-0.2, 0) is 17.4 Å². The van der Waals surface area contributed by atoms with E-state index in [9.17, 15) is 18.0 Å². The Hall–Kier alpha value is -3.32. The van der Waals surface area contributed by atoms with E-state index in [4.69, 9.17) is 0 Å². The summed E-state index contributed by atoms with van der Waals surface area (Å²) in [5.74, 6) is -0.486. The smallest absolute Gasteiger partial charge is 0.369 e. The molecule has 3 aromatic rings. The van der Waals surface area contributed by atoms with Gasteiger partial charge in [-0.3, -0.25) is 4.79 Å². The van der Waals surface area contributed by atoms with E-state index in [1.54, 1.807) is 6.07 Å². The molecule has 0 unspecified atom stereocenters. The molecule has 0 saturated carbocycles. The van der Waals surface area contributed by atoms with Crippen molar-refractivity contribution in [3.8, 4) is 11.1 Å². The molecule has 1 aliphatic rings. The molecule has 1 fully saturated rings. The highest BCUT2D eigenvalue weighted by Gasteiger charge is 2.35. The van der Waals surface area contributed by atoms with Crippen molar-refractivity contribution in [1.82, 2.24) is 4.90 Å². The van der Waals surface area contributed by atoms with Crippen molar-refractivity contribution < 1.29 is 18.0 Å². The van der Waals surface area contributed by atoms with Crippen molar-refractivity contribution in [3.63, 3.8) is 0 Å². The maximum absolute atomic E-state index is 13.8. The topological polar surface area (TPSA) is 35.6 Å². The fraction of sp³-hybridized carbons (Fsp3) is 0.269. The minimum Gasteiger partial charge on any atom is -0.369 e. The molecule has 0 bridgehead atoms. The summed E-state index contributed by atoms with van der Waals surface area (Å²) in [4.78, 5) is 16.6. The van der Waals surface area contributed by atoms with E-state index in [2.05, 4.69) is 10.2 Å². The van der Waals surface area contributed by atoms with Crippen molar-refractivity contribution in [1.29, 1.82) is 0 Å². The zero-order valence-electron chi connectivity index (χ0n) is 18.4. The molecular weight excluding hydrogens is 427 g/mol. The second-order valence-corrected chi connectivity index (χ2v) is 8.31. The monoisotopic (exact) mass is 453 g/mol. The molecule has 1 saturated heterocycles. The molecule has 1 heterocycles. The van der Waals surface area contributed by atoms with Crippen LogP contribution in [0.15, 0.2) is 72.8 Å². The van der Waals surface area contributed by atoms with E-state index in [1.807, 2.05) is 66.5 Å². The minimum absolute atomic E-state index is 0.00736. The zero-order valence-corrected chi connectivity index (χ0v) is 18.4. The Morgan fingerprint density at radius 2 is 1.52 bits per heavy atom. The van der Waals surface area contributed by atoms with Gasteiger partial charge >= 0.3 is 6.18 Å². The Bertz CT molecular complexity index is 1090. The van der Waals surface area contributed by atoms with Crippen LogP contribution < -0.4 is 10.2 Å². The Labute approximate surface area is 191 Å². The molecule has 0 atom stereocenters. The minimum atomic E-state index is -4.57. The van der Waals surface area contributed by atoms with Crippen molar-refractivity contribution >= 4 is 17.3 Å². The fourth-order valence-electron chi connectivity index (χ4n) is 3.96. The van der Waals surface area contributed by atoms with E-state index in [-0.39, 0.29) is 12.1 Å². The molecule has 0 spiro atoms. The SMILES string of the molecule is CN1CCN(c2ccc(NC(=O)Cc3ccc(-c4ccccc4)cc3)c(C(F)(F)F)c2)CC1. The van der Waals surface area contributed by atoms with Crippen LogP contribution in [0.25, 0.3) is 11.1 Å². The van der Waals surface area contributed by atoms with Gasteiger partial charge in [0.15, 0.2) is 0 Å². The second-order valence-electron chi connectivity index (χ2n) is 8.31. The van der Waals surface area contributed by atoms with Gasteiger partial charge in [0.2, 0.25) is 5.91 Å². The first-order chi connectivity index (χ1) is 15.8. The lowest BCUT2D eigenvalue weighted by Crippen LogP contribution is -2.44. The highest BCUT2D eigenvalue weighted by Crippen LogP contribution is 2.37. The normalized spacial score (nSPS) is 14.8. The van der Waals surface area contributed by atoms with Crippen LogP contribution in [0.5, 0.6) is 0 Å². The van der Waals surface area contributed by atoms with Gasteiger partial charge in [0.1, 0.15) is 0 Å². The summed E-state index contributed by atoms with van der Waals surface area (Å²) in [6.07, 6.45) is -4.57. The van der Waals surface area contributed by atoms with Crippen molar-refractivity contribution in [3.05, 3.63) is 83.9 Å². The van der Waals surface area contributed by atoms with Crippen molar-refractivity contribution in [2.45, 2.75) is 12.6 Å². The average molecular weight is 454 g/mol. The summed E-state index contributed by atoms with van der Waals surface area (Å²) in [5, 5.41) is 2.46. The predicted molar refractivity (Wildman–Crippen MR) is 125 cm³/mol. The lowest BCUT2D eigenvalue weighted by molar-refractivity contribution is -0.136. The van der Waals surface area contributed by atoms with Crippen molar-refractivity contribution in [2.75, 3.05) is 43.4 Å². The van der Waals surface area contributed by atoms with Crippen LogP contribution in [0.1, 0.15) is 11.1 Å². The van der Waals surface area contributed by atoms with Crippen LogP contribution in [0.2, 0.25) is 0 Å². The summed E-state index contributed by atoms with van der Waals surface area (Å²) >= 11 is 0. The maximum atomic E-state index is 13.8. The number of amides is 1. The molecule has 0 radical (unpaired) electrons. The van der Waals surface area contributed by atoms with Gasteiger partial charge in [0.05, 0.1) is 17.7 Å². The van der Waals surface area contributed by atoms with Gasteiger partial charge in [-0.05, 0) is 41.9 Å². The molecule has 0 aromatic heterocycles. The van der Waals surface area contributed by atoms with E-state index >= 15 is 0 Å². The van der Waals surface area contributed by atoms with E-state index in [1.165, 1.54) is 6.07 Å². The quantitative estimate of drug-likeness (QED) is 0.569. The second kappa shape index (κ2) is 9.67. The van der Waals surface area contributed by atoms with Crippen LogP contribution in [0.4, 0.5) is 24.5 Å². The maximum Gasteiger partial charge on any atom is 0.418 e. The number of likely N-dealkylation sites (N-methyl/N-ethyl adjacent to an activating group) is 1. The van der Waals surface area contributed by atoms with Crippen LogP contribution in [0.3, 0.4) is 0 Å². The molecular formula is C26H26F3N3O. The number of piperazine rings is 1. The number of anilines is 2. The van der Waals surface area contributed by atoms with Crippen LogP contribution in [-0.4, -0.2) is 44.0 Å². The Balaban J connectivity index is 1.46. The third-order valence-electron chi connectivity index (χ3n) is 5.88. The molecule has 1 N–H and O–H groups in total. The molecule has 172 valence electrons. The number of nitrogens with one attached hydrogen (secondary N) is 1. The summed E-state index contributed by atoms with van der Waals surface area (Å²) in [7, 11) is 1.99. The molecule has 3 aromatic carbocycles. The van der Waals surface area contributed by atoms with Gasteiger partial charge < -0.3 is 15.1 Å². The first-order valence-corrected chi connectivity index (χ1v) is 10.9. The standard InChI is InChI=1S/C26H26F3N3O/c1-31-13-15-32(16-14-31)22-11-12-24(23(18-22)26(27,28)29)30-25(33)17-19-7-9-21(10-8-19)20-5-3-2-4-6-20/h2-12,18H,13-17H2,1H3,(H,30,33). The highest BCUT2D eigenvalue weighted by molar-refractivity contribution is 5.93. The van der Waals surface area contributed by atoms with Gasteiger partial charge in [-0.15, -0.1) is 0 Å². The van der Waals surface area contributed by atoms with E-state index in [0.717, 1.165) is 35.8 Å². The van der Waals surface area contributed by atoms with Gasteiger partial charge in [0.25, 0.3) is 0 Å². The summed E-state index contributed by atoms with van der Waals surface area (Å²) in [6.45, 7) is 2.92.